The van der Waals surface area contributed by atoms with Gasteiger partial charge in [-0.3, -0.25) is 14.4 Å². The Labute approximate surface area is 419 Å². The Morgan fingerprint density at radius 2 is 0.574 bits per heavy atom. The standard InChI is InChI=1S/C62H104O6/c1-4-7-10-13-16-19-22-25-28-30-31-32-35-37-40-43-46-49-52-55-61(64)67-58-59(57-66-60(63)54-51-48-45-42-39-36-33-27-24-21-18-15-12-9-6-3)68-62(65)56-53-50-47-44-41-38-34-29-26-23-20-17-14-11-8-5-2/h7,10,16,18-21,23,25,27-29,31-34,59H,4-6,8-9,11-15,17,22,24,26,30,35-58H2,1-3H3/b10-7-,19-16-,21-18-,23-20-,28-25-,32-31-,33-27-,34-29-. The summed E-state index contributed by atoms with van der Waals surface area (Å²) < 4.78 is 16.8. The maximum absolute atomic E-state index is 12.8. The fourth-order valence-electron chi connectivity index (χ4n) is 7.55. The van der Waals surface area contributed by atoms with Crippen molar-refractivity contribution in [2.45, 2.75) is 264 Å². The summed E-state index contributed by atoms with van der Waals surface area (Å²) in [7, 11) is 0. The molecule has 0 rings (SSSR count). The van der Waals surface area contributed by atoms with Gasteiger partial charge in [-0.05, 0) is 122 Å². The van der Waals surface area contributed by atoms with Crippen LogP contribution in [0.3, 0.4) is 0 Å². The lowest BCUT2D eigenvalue weighted by molar-refractivity contribution is -0.167. The molecule has 0 radical (unpaired) electrons. The highest BCUT2D eigenvalue weighted by molar-refractivity contribution is 5.71. The van der Waals surface area contributed by atoms with Crippen molar-refractivity contribution in [3.8, 4) is 0 Å². The van der Waals surface area contributed by atoms with E-state index in [0.29, 0.717) is 19.3 Å². The lowest BCUT2D eigenvalue weighted by atomic mass is 10.1. The second-order valence-corrected chi connectivity index (χ2v) is 18.5. The fraction of sp³-hybridized carbons (Fsp3) is 0.694. The number of carbonyl (C=O) groups is 3. The molecule has 388 valence electrons. The summed E-state index contributed by atoms with van der Waals surface area (Å²) in [6.45, 7) is 6.45. The minimum absolute atomic E-state index is 0.0959. The highest BCUT2D eigenvalue weighted by Crippen LogP contribution is 2.14. The first kappa shape index (κ1) is 64.3. The average molecular weight is 946 g/mol. The van der Waals surface area contributed by atoms with E-state index in [4.69, 9.17) is 14.2 Å². The SMILES string of the molecule is CC/C=C\C/C=C\C/C=C\C/C=C\CCCCCCCCC(=O)OCC(COC(=O)CCCCCCC/C=C\C/C=C\CCCCC)OC(=O)CCCCCCC/C=C\C/C=C\CCCCCC. The maximum atomic E-state index is 12.8. The number of allylic oxidation sites excluding steroid dienone is 16. The van der Waals surface area contributed by atoms with Crippen LogP contribution in [0.2, 0.25) is 0 Å². The molecule has 0 amide bonds. The van der Waals surface area contributed by atoms with Crippen molar-refractivity contribution >= 4 is 17.9 Å². The molecule has 6 nitrogen and oxygen atoms in total. The van der Waals surface area contributed by atoms with Crippen molar-refractivity contribution in [1.29, 1.82) is 0 Å². The number of carbonyl (C=O) groups excluding carboxylic acids is 3. The number of hydrogen-bond donors (Lipinski definition) is 0. The molecule has 0 fully saturated rings. The second-order valence-electron chi connectivity index (χ2n) is 18.5. The molecule has 0 N–H and O–H groups in total. The topological polar surface area (TPSA) is 78.9 Å². The van der Waals surface area contributed by atoms with Crippen LogP contribution >= 0.6 is 0 Å². The molecule has 0 aromatic heterocycles. The Morgan fingerprint density at radius 1 is 0.309 bits per heavy atom. The Kier molecular flexibility index (Phi) is 52.9. The first-order chi connectivity index (χ1) is 33.5. The third-order valence-electron chi connectivity index (χ3n) is 11.8. The van der Waals surface area contributed by atoms with E-state index >= 15 is 0 Å². The monoisotopic (exact) mass is 945 g/mol. The first-order valence-electron chi connectivity index (χ1n) is 28.2. The van der Waals surface area contributed by atoms with E-state index in [1.807, 2.05) is 0 Å². The van der Waals surface area contributed by atoms with Crippen molar-refractivity contribution < 1.29 is 28.6 Å². The molecule has 0 aromatic carbocycles. The van der Waals surface area contributed by atoms with Crippen LogP contribution in [0.25, 0.3) is 0 Å². The molecule has 6 heteroatoms. The summed E-state index contributed by atoms with van der Waals surface area (Å²) in [5.41, 5.74) is 0. The molecule has 1 unspecified atom stereocenters. The van der Waals surface area contributed by atoms with Gasteiger partial charge in [-0.1, -0.05) is 214 Å². The summed E-state index contributed by atoms with van der Waals surface area (Å²) in [6, 6.07) is 0. The smallest absolute Gasteiger partial charge is 0.306 e. The van der Waals surface area contributed by atoms with Crippen LogP contribution in [-0.4, -0.2) is 37.2 Å². The first-order valence-corrected chi connectivity index (χ1v) is 28.2. The van der Waals surface area contributed by atoms with Gasteiger partial charge in [-0.15, -0.1) is 0 Å². The number of rotatable bonds is 50. The summed E-state index contributed by atoms with van der Waals surface area (Å²) in [5.74, 6) is -0.934. The van der Waals surface area contributed by atoms with Crippen molar-refractivity contribution in [3.63, 3.8) is 0 Å². The average Bonchev–Trinajstić information content (AvgIpc) is 3.34. The number of ether oxygens (including phenoxy) is 3. The maximum Gasteiger partial charge on any atom is 0.306 e. The largest absolute Gasteiger partial charge is 0.462 e. The quantitative estimate of drug-likeness (QED) is 0.0262. The highest BCUT2D eigenvalue weighted by Gasteiger charge is 2.19. The molecule has 0 heterocycles. The molecule has 0 saturated carbocycles. The van der Waals surface area contributed by atoms with Crippen LogP contribution in [0.1, 0.15) is 258 Å². The predicted molar refractivity (Wildman–Crippen MR) is 293 cm³/mol. The van der Waals surface area contributed by atoms with E-state index in [-0.39, 0.29) is 31.1 Å². The molecule has 1 atom stereocenters. The minimum atomic E-state index is -0.798. The minimum Gasteiger partial charge on any atom is -0.462 e. The van der Waals surface area contributed by atoms with E-state index in [1.54, 1.807) is 0 Å². The summed E-state index contributed by atoms with van der Waals surface area (Å²) in [4.78, 5) is 38.1. The summed E-state index contributed by atoms with van der Waals surface area (Å²) >= 11 is 0. The van der Waals surface area contributed by atoms with Gasteiger partial charge in [-0.2, -0.15) is 0 Å². The molecule has 0 aliphatic rings. The third-order valence-corrected chi connectivity index (χ3v) is 11.8. The Morgan fingerprint density at radius 3 is 0.926 bits per heavy atom. The van der Waals surface area contributed by atoms with Crippen LogP contribution in [0.15, 0.2) is 97.2 Å². The molecule has 0 spiro atoms. The number of unbranched alkanes of at least 4 members (excludes halogenated alkanes) is 23. The Balaban J connectivity index is 4.46. The van der Waals surface area contributed by atoms with Gasteiger partial charge < -0.3 is 14.2 Å². The van der Waals surface area contributed by atoms with Crippen LogP contribution < -0.4 is 0 Å². The lowest BCUT2D eigenvalue weighted by Crippen LogP contribution is -2.30. The van der Waals surface area contributed by atoms with Gasteiger partial charge in [0.25, 0.3) is 0 Å². The summed E-state index contributed by atoms with van der Waals surface area (Å²) in [5, 5.41) is 0. The predicted octanol–water partition coefficient (Wildman–Crippen LogP) is 18.9. The van der Waals surface area contributed by atoms with Crippen molar-refractivity contribution in [2.75, 3.05) is 13.2 Å². The molecule has 0 aliphatic carbocycles. The van der Waals surface area contributed by atoms with Gasteiger partial charge in [0, 0.05) is 19.3 Å². The molecule has 0 aliphatic heterocycles. The van der Waals surface area contributed by atoms with Gasteiger partial charge in [0.1, 0.15) is 13.2 Å². The van der Waals surface area contributed by atoms with Crippen molar-refractivity contribution in [3.05, 3.63) is 97.2 Å². The zero-order valence-electron chi connectivity index (χ0n) is 44.3. The molecular formula is C62H104O6. The normalized spacial score (nSPS) is 12.8. The van der Waals surface area contributed by atoms with E-state index in [9.17, 15) is 14.4 Å². The van der Waals surface area contributed by atoms with Crippen molar-refractivity contribution in [2.24, 2.45) is 0 Å². The van der Waals surface area contributed by atoms with Gasteiger partial charge in [-0.25, -0.2) is 0 Å². The molecular weight excluding hydrogens is 841 g/mol. The Hall–Kier alpha value is -3.67. The molecule has 68 heavy (non-hydrogen) atoms. The summed E-state index contributed by atoms with van der Waals surface area (Å²) in [6.07, 6.45) is 73.8. The van der Waals surface area contributed by atoms with E-state index in [0.717, 1.165) is 148 Å². The van der Waals surface area contributed by atoms with Gasteiger partial charge in [0.05, 0.1) is 0 Å². The molecule has 0 bridgehead atoms. The third kappa shape index (κ3) is 53.3. The van der Waals surface area contributed by atoms with Crippen LogP contribution in [-0.2, 0) is 28.6 Å². The zero-order chi connectivity index (χ0) is 49.3. The highest BCUT2D eigenvalue weighted by atomic mass is 16.6. The number of esters is 3. The number of hydrogen-bond acceptors (Lipinski definition) is 6. The molecule has 0 saturated heterocycles. The Bertz CT molecular complexity index is 1360. The van der Waals surface area contributed by atoms with Gasteiger partial charge >= 0.3 is 17.9 Å². The van der Waals surface area contributed by atoms with Crippen molar-refractivity contribution in [1.82, 2.24) is 0 Å². The van der Waals surface area contributed by atoms with Crippen LogP contribution in [0, 0.1) is 0 Å². The lowest BCUT2D eigenvalue weighted by Gasteiger charge is -2.18. The van der Waals surface area contributed by atoms with E-state index in [2.05, 4.69) is 118 Å². The van der Waals surface area contributed by atoms with E-state index in [1.165, 1.54) is 70.6 Å². The molecule has 0 aromatic rings. The van der Waals surface area contributed by atoms with Gasteiger partial charge in [0.2, 0.25) is 0 Å². The van der Waals surface area contributed by atoms with E-state index < -0.39 is 6.10 Å². The van der Waals surface area contributed by atoms with Crippen LogP contribution in [0.5, 0.6) is 0 Å². The zero-order valence-corrected chi connectivity index (χ0v) is 44.3. The van der Waals surface area contributed by atoms with Gasteiger partial charge in [0.15, 0.2) is 6.10 Å². The second kappa shape index (κ2) is 55.9. The van der Waals surface area contributed by atoms with Crippen LogP contribution in [0.4, 0.5) is 0 Å². The fourth-order valence-corrected chi connectivity index (χ4v) is 7.55.